The molecule has 1 aliphatic heterocycles. The van der Waals surface area contributed by atoms with Crippen molar-refractivity contribution in [1.29, 1.82) is 0 Å². The van der Waals surface area contributed by atoms with Crippen LogP contribution in [0, 0.1) is 11.3 Å². The van der Waals surface area contributed by atoms with E-state index in [1.807, 2.05) is 13.8 Å². The number of hydrogen-bond donors (Lipinski definition) is 3. The van der Waals surface area contributed by atoms with Crippen LogP contribution in [0.1, 0.15) is 33.6 Å². The molecule has 1 fully saturated rings. The molecular weight excluding hydrogens is 274 g/mol. The van der Waals surface area contributed by atoms with Crippen LogP contribution in [0.25, 0.3) is 0 Å². The number of piperidine rings is 1. The Hall–Kier alpha value is -1.79. The monoisotopic (exact) mass is 299 g/mol. The van der Waals surface area contributed by atoms with Crippen molar-refractivity contribution < 1.29 is 19.5 Å². The van der Waals surface area contributed by atoms with Crippen LogP contribution in [-0.2, 0) is 9.59 Å². The van der Waals surface area contributed by atoms with Gasteiger partial charge in [-0.05, 0) is 25.7 Å². The van der Waals surface area contributed by atoms with Crippen molar-refractivity contribution in [2.24, 2.45) is 11.3 Å². The molecule has 0 spiro atoms. The predicted octanol–water partition coefficient (Wildman–Crippen LogP) is 0.655. The van der Waals surface area contributed by atoms with Gasteiger partial charge in [0.1, 0.15) is 0 Å². The van der Waals surface area contributed by atoms with Crippen molar-refractivity contribution >= 4 is 17.9 Å². The van der Waals surface area contributed by atoms with Gasteiger partial charge >= 0.3 is 12.0 Å². The molecule has 1 aliphatic rings. The molecule has 1 rings (SSSR count). The summed E-state index contributed by atoms with van der Waals surface area (Å²) in [4.78, 5) is 36.2. The van der Waals surface area contributed by atoms with Crippen molar-refractivity contribution in [3.63, 3.8) is 0 Å². The first-order valence-electron chi connectivity index (χ1n) is 7.27. The minimum atomic E-state index is -0.907. The molecule has 3 amide bonds. The van der Waals surface area contributed by atoms with E-state index in [0.717, 1.165) is 0 Å². The maximum atomic E-state index is 12.0. The predicted molar refractivity (Wildman–Crippen MR) is 77.8 cm³/mol. The van der Waals surface area contributed by atoms with Gasteiger partial charge in [0.25, 0.3) is 0 Å². The molecule has 21 heavy (non-hydrogen) atoms. The number of rotatable bonds is 5. The fourth-order valence-electron chi connectivity index (χ4n) is 2.24. The Morgan fingerprint density at radius 3 is 2.52 bits per heavy atom. The molecule has 0 aromatic carbocycles. The zero-order chi connectivity index (χ0) is 16.0. The lowest BCUT2D eigenvalue weighted by Gasteiger charge is -2.37. The zero-order valence-corrected chi connectivity index (χ0v) is 12.9. The van der Waals surface area contributed by atoms with Gasteiger partial charge in [-0.1, -0.05) is 13.8 Å². The van der Waals surface area contributed by atoms with Crippen LogP contribution in [0.4, 0.5) is 4.79 Å². The van der Waals surface area contributed by atoms with Gasteiger partial charge in [0.15, 0.2) is 0 Å². The topological polar surface area (TPSA) is 98.7 Å². The second-order valence-electron chi connectivity index (χ2n) is 6.25. The summed E-state index contributed by atoms with van der Waals surface area (Å²) in [7, 11) is 0. The molecule has 0 aromatic heterocycles. The molecule has 0 bridgehead atoms. The molecule has 1 saturated heterocycles. The Labute approximate surface area is 125 Å². The van der Waals surface area contributed by atoms with Gasteiger partial charge in [-0.15, -0.1) is 0 Å². The third-order valence-corrected chi connectivity index (χ3v) is 3.61. The Balaban J connectivity index is 2.41. The standard InChI is InChI=1S/C14H25N3O4/c1-10(2)7-15-11(18)8-16-13(21)17-6-4-5-14(3,9-17)12(19)20/h10H,4-9H2,1-3H3,(H,15,18)(H,16,21)(H,19,20). The van der Waals surface area contributed by atoms with Gasteiger partial charge in [0, 0.05) is 19.6 Å². The first-order chi connectivity index (χ1) is 9.74. The number of hydrogen-bond acceptors (Lipinski definition) is 3. The van der Waals surface area contributed by atoms with E-state index in [9.17, 15) is 19.5 Å². The highest BCUT2D eigenvalue weighted by atomic mass is 16.4. The highest BCUT2D eigenvalue weighted by Crippen LogP contribution is 2.29. The molecule has 1 unspecified atom stereocenters. The molecule has 0 saturated carbocycles. The number of carboxylic acid groups (broad SMARTS) is 1. The van der Waals surface area contributed by atoms with Crippen LogP contribution in [0.3, 0.4) is 0 Å². The largest absolute Gasteiger partial charge is 0.481 e. The summed E-state index contributed by atoms with van der Waals surface area (Å²) < 4.78 is 0. The van der Waals surface area contributed by atoms with Crippen LogP contribution >= 0.6 is 0 Å². The summed E-state index contributed by atoms with van der Waals surface area (Å²) in [5.41, 5.74) is -0.907. The van der Waals surface area contributed by atoms with Crippen molar-refractivity contribution in [2.75, 3.05) is 26.2 Å². The minimum absolute atomic E-state index is 0.0914. The third kappa shape index (κ3) is 5.24. The van der Waals surface area contributed by atoms with Crippen LogP contribution in [0.2, 0.25) is 0 Å². The molecule has 1 heterocycles. The Bertz CT molecular complexity index is 411. The molecule has 7 heteroatoms. The number of nitrogens with one attached hydrogen (secondary N) is 2. The fourth-order valence-corrected chi connectivity index (χ4v) is 2.24. The Morgan fingerprint density at radius 2 is 1.95 bits per heavy atom. The van der Waals surface area contributed by atoms with Crippen molar-refractivity contribution in [2.45, 2.75) is 33.6 Å². The number of nitrogens with zero attached hydrogens (tertiary/aromatic N) is 1. The van der Waals surface area contributed by atoms with E-state index in [2.05, 4.69) is 10.6 Å². The maximum Gasteiger partial charge on any atom is 0.317 e. The lowest BCUT2D eigenvalue weighted by atomic mass is 9.82. The highest BCUT2D eigenvalue weighted by Gasteiger charge is 2.39. The number of urea groups is 1. The van der Waals surface area contributed by atoms with Gasteiger partial charge in [-0.2, -0.15) is 0 Å². The van der Waals surface area contributed by atoms with Gasteiger partial charge in [0.05, 0.1) is 12.0 Å². The molecule has 0 aliphatic carbocycles. The summed E-state index contributed by atoms with van der Waals surface area (Å²) in [6, 6.07) is -0.387. The molecule has 0 aromatic rings. The van der Waals surface area contributed by atoms with Gasteiger partial charge < -0.3 is 20.6 Å². The maximum absolute atomic E-state index is 12.0. The molecule has 120 valence electrons. The van der Waals surface area contributed by atoms with E-state index in [0.29, 0.717) is 31.8 Å². The van der Waals surface area contributed by atoms with Crippen molar-refractivity contribution in [3.8, 4) is 0 Å². The SMILES string of the molecule is CC(C)CNC(=O)CNC(=O)N1CCCC(C)(C(=O)O)C1. The second kappa shape index (κ2) is 7.28. The summed E-state index contributed by atoms with van der Waals surface area (Å²) in [5, 5.41) is 14.5. The van der Waals surface area contributed by atoms with E-state index in [-0.39, 0.29) is 25.0 Å². The number of amides is 3. The first kappa shape index (κ1) is 17.3. The van der Waals surface area contributed by atoms with Crippen molar-refractivity contribution in [3.05, 3.63) is 0 Å². The van der Waals surface area contributed by atoms with Crippen LogP contribution < -0.4 is 10.6 Å². The lowest BCUT2D eigenvalue weighted by Crippen LogP contribution is -2.52. The van der Waals surface area contributed by atoms with Gasteiger partial charge in [-0.3, -0.25) is 9.59 Å². The molecular formula is C14H25N3O4. The van der Waals surface area contributed by atoms with E-state index in [4.69, 9.17) is 0 Å². The number of carbonyl (C=O) groups is 3. The average molecular weight is 299 g/mol. The minimum Gasteiger partial charge on any atom is -0.481 e. The summed E-state index contributed by atoms with van der Waals surface area (Å²) in [5.74, 6) is -0.784. The van der Waals surface area contributed by atoms with E-state index >= 15 is 0 Å². The first-order valence-corrected chi connectivity index (χ1v) is 7.27. The van der Waals surface area contributed by atoms with Crippen LogP contribution in [0.15, 0.2) is 0 Å². The smallest absolute Gasteiger partial charge is 0.317 e. The Kier molecular flexibility index (Phi) is 5.99. The molecule has 3 N–H and O–H groups in total. The number of likely N-dealkylation sites (tertiary alicyclic amines) is 1. The van der Waals surface area contributed by atoms with E-state index < -0.39 is 11.4 Å². The van der Waals surface area contributed by atoms with Crippen molar-refractivity contribution in [1.82, 2.24) is 15.5 Å². The number of aliphatic carboxylic acids is 1. The highest BCUT2D eigenvalue weighted by molar-refractivity contribution is 5.84. The summed E-state index contributed by atoms with van der Waals surface area (Å²) in [6.07, 6.45) is 1.21. The second-order valence-corrected chi connectivity index (χ2v) is 6.25. The molecule has 1 atom stereocenters. The van der Waals surface area contributed by atoms with Crippen LogP contribution in [-0.4, -0.2) is 54.1 Å². The van der Waals surface area contributed by atoms with Gasteiger partial charge in [0.2, 0.25) is 5.91 Å². The summed E-state index contributed by atoms with van der Waals surface area (Å²) in [6.45, 7) is 6.77. The molecule has 0 radical (unpaired) electrons. The number of carboxylic acids is 1. The van der Waals surface area contributed by atoms with E-state index in [1.165, 1.54) is 4.90 Å². The fraction of sp³-hybridized carbons (Fsp3) is 0.786. The normalized spacial score (nSPS) is 22.0. The molecule has 7 nitrogen and oxygen atoms in total. The van der Waals surface area contributed by atoms with Crippen LogP contribution in [0.5, 0.6) is 0 Å². The third-order valence-electron chi connectivity index (χ3n) is 3.61. The quantitative estimate of drug-likeness (QED) is 0.694. The lowest BCUT2D eigenvalue weighted by molar-refractivity contribution is -0.150. The summed E-state index contributed by atoms with van der Waals surface area (Å²) >= 11 is 0. The van der Waals surface area contributed by atoms with Gasteiger partial charge in [-0.25, -0.2) is 4.79 Å². The number of carbonyl (C=O) groups excluding carboxylic acids is 2. The Morgan fingerprint density at radius 1 is 1.29 bits per heavy atom. The average Bonchev–Trinajstić information content (AvgIpc) is 2.42. The zero-order valence-electron chi connectivity index (χ0n) is 12.9. The van der Waals surface area contributed by atoms with E-state index in [1.54, 1.807) is 6.92 Å².